The molecule has 1 aromatic heterocycles. The lowest BCUT2D eigenvalue weighted by Gasteiger charge is -2.35. The maximum Gasteiger partial charge on any atom is 0.323 e. The van der Waals surface area contributed by atoms with Crippen LogP contribution in [-0.4, -0.2) is 122 Å². The molecule has 2 aromatic carbocycles. The van der Waals surface area contributed by atoms with Crippen molar-refractivity contribution >= 4 is 35.2 Å². The summed E-state index contributed by atoms with van der Waals surface area (Å²) in [6, 6.07) is 15.1. The van der Waals surface area contributed by atoms with Crippen LogP contribution in [0.5, 0.6) is 0 Å². The monoisotopic (exact) mass is 627 g/mol. The van der Waals surface area contributed by atoms with Crippen LogP contribution in [0.1, 0.15) is 29.6 Å². The molecule has 7 rings (SSSR count). The number of anilines is 4. The fourth-order valence-electron chi connectivity index (χ4n) is 6.68. The summed E-state index contributed by atoms with van der Waals surface area (Å²) >= 11 is 0. The van der Waals surface area contributed by atoms with Gasteiger partial charge < -0.3 is 39.7 Å². The molecular formula is C33H41N9O4. The zero-order valence-electron chi connectivity index (χ0n) is 26.4. The number of morpholine rings is 2. The molecule has 0 saturated carbocycles. The summed E-state index contributed by atoms with van der Waals surface area (Å²) in [6.07, 6.45) is 3.11. The van der Waals surface area contributed by atoms with E-state index in [4.69, 9.17) is 24.4 Å². The van der Waals surface area contributed by atoms with Crippen molar-refractivity contribution in [3.05, 3.63) is 54.1 Å². The molecule has 2 unspecified atom stereocenters. The van der Waals surface area contributed by atoms with E-state index < -0.39 is 0 Å². The number of carbonyl (C=O) groups is 2. The van der Waals surface area contributed by atoms with Gasteiger partial charge in [0.05, 0.1) is 38.5 Å². The van der Waals surface area contributed by atoms with Gasteiger partial charge in [-0.05, 0) is 81.9 Å². The molecule has 3 aromatic rings. The molecule has 4 aliphatic heterocycles. The molecule has 2 N–H and O–H groups in total. The minimum Gasteiger partial charge on any atom is -0.378 e. The topological polar surface area (TPSA) is 128 Å². The number of aromatic nitrogens is 3. The summed E-state index contributed by atoms with van der Waals surface area (Å²) < 4.78 is 11.4. The molecule has 5 heterocycles. The van der Waals surface area contributed by atoms with E-state index >= 15 is 0 Å². The second-order valence-electron chi connectivity index (χ2n) is 12.6. The Kier molecular flexibility index (Phi) is 8.69. The Hall–Kier alpha value is -4.33. The number of urea groups is 1. The van der Waals surface area contributed by atoms with Crippen molar-refractivity contribution in [2.45, 2.75) is 37.4 Å². The van der Waals surface area contributed by atoms with Crippen molar-refractivity contribution in [1.29, 1.82) is 0 Å². The molecule has 0 aliphatic carbocycles. The zero-order chi connectivity index (χ0) is 31.6. The fourth-order valence-corrected chi connectivity index (χ4v) is 6.68. The summed E-state index contributed by atoms with van der Waals surface area (Å²) in [5, 5.41) is 5.74. The summed E-state index contributed by atoms with van der Waals surface area (Å²) in [6.45, 7) is 5.58. The minimum absolute atomic E-state index is 0.0140. The predicted octanol–water partition coefficient (Wildman–Crippen LogP) is 3.16. The van der Waals surface area contributed by atoms with E-state index in [1.54, 1.807) is 24.3 Å². The fraction of sp³-hybridized carbons (Fsp3) is 0.485. The summed E-state index contributed by atoms with van der Waals surface area (Å²) in [5.74, 6) is 1.95. The number of ether oxygens (including phenoxy) is 2. The molecular weight excluding hydrogens is 586 g/mol. The highest BCUT2D eigenvalue weighted by atomic mass is 16.5. The van der Waals surface area contributed by atoms with Crippen molar-refractivity contribution in [3.63, 3.8) is 0 Å². The van der Waals surface area contributed by atoms with Gasteiger partial charge in [-0.15, -0.1) is 0 Å². The third kappa shape index (κ3) is 6.48. The van der Waals surface area contributed by atoms with Gasteiger partial charge in [0.15, 0.2) is 5.82 Å². The smallest absolute Gasteiger partial charge is 0.323 e. The average molecular weight is 628 g/mol. The van der Waals surface area contributed by atoms with Gasteiger partial charge in [0.1, 0.15) is 0 Å². The summed E-state index contributed by atoms with van der Waals surface area (Å²) in [5.41, 5.74) is 2.68. The standard InChI is InChI=1S/C33H41N9O4/c1-39(2)26-13-14-41(19-26)30(43)23-5-9-25(10-6-23)35-33(44)34-24-7-3-22(4-8-24)29-36-31(40-15-17-45-18-16-40)38-32(37-29)42-27-11-12-28(42)21-46-20-27/h3-10,26-28H,11-21H2,1-2H3,(H2,34,35,44)/t26-,27?,28?/m1/s1. The Morgan fingerprint density at radius 3 is 2.04 bits per heavy atom. The van der Waals surface area contributed by atoms with Gasteiger partial charge in [-0.25, -0.2) is 4.79 Å². The second-order valence-corrected chi connectivity index (χ2v) is 12.6. The van der Waals surface area contributed by atoms with Gasteiger partial charge >= 0.3 is 6.03 Å². The third-order valence-corrected chi connectivity index (χ3v) is 9.35. The van der Waals surface area contributed by atoms with E-state index in [1.807, 2.05) is 43.3 Å². The molecule has 2 bridgehead atoms. The number of nitrogens with zero attached hydrogens (tertiary/aromatic N) is 7. The first-order valence-corrected chi connectivity index (χ1v) is 16.1. The molecule has 13 heteroatoms. The van der Waals surface area contributed by atoms with E-state index in [0.717, 1.165) is 51.0 Å². The van der Waals surface area contributed by atoms with Gasteiger partial charge in [0, 0.05) is 54.7 Å². The maximum atomic E-state index is 12.9. The van der Waals surface area contributed by atoms with Gasteiger partial charge in [-0.3, -0.25) is 4.79 Å². The normalized spacial score (nSPS) is 22.8. The van der Waals surface area contributed by atoms with Crippen LogP contribution in [0.25, 0.3) is 11.4 Å². The first-order chi connectivity index (χ1) is 22.4. The predicted molar refractivity (Wildman–Crippen MR) is 175 cm³/mol. The third-order valence-electron chi connectivity index (χ3n) is 9.35. The zero-order valence-corrected chi connectivity index (χ0v) is 26.4. The van der Waals surface area contributed by atoms with Crippen LogP contribution in [0.15, 0.2) is 48.5 Å². The number of benzene rings is 2. The van der Waals surface area contributed by atoms with Crippen LogP contribution in [0.4, 0.5) is 28.1 Å². The van der Waals surface area contributed by atoms with Crippen molar-refractivity contribution in [2.24, 2.45) is 0 Å². The Bertz CT molecular complexity index is 1530. The summed E-state index contributed by atoms with van der Waals surface area (Å²) in [7, 11) is 4.09. The van der Waals surface area contributed by atoms with E-state index in [9.17, 15) is 9.59 Å². The van der Waals surface area contributed by atoms with Gasteiger partial charge in [0.25, 0.3) is 5.91 Å². The number of fused-ring (bicyclic) bond motifs is 2. The molecule has 13 nitrogen and oxygen atoms in total. The van der Waals surface area contributed by atoms with Crippen molar-refractivity contribution in [1.82, 2.24) is 24.8 Å². The number of rotatable bonds is 7. The highest BCUT2D eigenvalue weighted by molar-refractivity contribution is 6.00. The van der Waals surface area contributed by atoms with Gasteiger partial charge in [-0.2, -0.15) is 15.0 Å². The van der Waals surface area contributed by atoms with Gasteiger partial charge in [-0.1, -0.05) is 0 Å². The van der Waals surface area contributed by atoms with Crippen molar-refractivity contribution < 1.29 is 19.1 Å². The highest BCUT2D eigenvalue weighted by Gasteiger charge is 2.39. The number of hydrogen-bond acceptors (Lipinski definition) is 10. The molecule has 3 atom stereocenters. The second kappa shape index (κ2) is 13.2. The molecule has 4 fully saturated rings. The number of likely N-dealkylation sites (N-methyl/N-ethyl adjacent to an activating group) is 1. The number of carbonyl (C=O) groups excluding carboxylic acids is 2. The molecule has 0 spiro atoms. The lowest BCUT2D eigenvalue weighted by atomic mass is 10.2. The average Bonchev–Trinajstić information content (AvgIpc) is 3.68. The van der Waals surface area contributed by atoms with E-state index in [-0.39, 0.29) is 24.0 Å². The molecule has 4 saturated heterocycles. The maximum absolute atomic E-state index is 12.9. The molecule has 3 amide bonds. The molecule has 242 valence electrons. The Balaban J connectivity index is 1.01. The van der Waals surface area contributed by atoms with E-state index in [0.29, 0.717) is 67.1 Å². The van der Waals surface area contributed by atoms with Crippen LogP contribution >= 0.6 is 0 Å². The highest BCUT2D eigenvalue weighted by Crippen LogP contribution is 2.34. The van der Waals surface area contributed by atoms with Crippen LogP contribution in [0.3, 0.4) is 0 Å². The van der Waals surface area contributed by atoms with Crippen molar-refractivity contribution in [3.8, 4) is 11.4 Å². The quantitative estimate of drug-likeness (QED) is 0.403. The van der Waals surface area contributed by atoms with E-state index in [2.05, 4.69) is 25.3 Å². The Morgan fingerprint density at radius 2 is 1.41 bits per heavy atom. The number of nitrogens with one attached hydrogen (secondary N) is 2. The largest absolute Gasteiger partial charge is 0.378 e. The first-order valence-electron chi connectivity index (χ1n) is 16.1. The molecule has 46 heavy (non-hydrogen) atoms. The lowest BCUT2D eigenvalue weighted by molar-refractivity contribution is 0.0783. The van der Waals surface area contributed by atoms with Gasteiger partial charge in [0.2, 0.25) is 11.9 Å². The summed E-state index contributed by atoms with van der Waals surface area (Å²) in [4.78, 5) is 48.9. The molecule has 0 radical (unpaired) electrons. The minimum atomic E-state index is -0.375. The number of likely N-dealkylation sites (tertiary alicyclic amines) is 1. The number of amides is 3. The number of hydrogen-bond donors (Lipinski definition) is 2. The Morgan fingerprint density at radius 1 is 0.783 bits per heavy atom. The van der Waals surface area contributed by atoms with Crippen LogP contribution < -0.4 is 20.4 Å². The SMILES string of the molecule is CN(C)[C@@H]1CCN(C(=O)c2ccc(NC(=O)Nc3ccc(-c4nc(N5CCOCC5)nc(N5C6CCC5COC6)n4)cc3)cc2)C1. The van der Waals surface area contributed by atoms with Crippen LogP contribution in [0, 0.1) is 0 Å². The Labute approximate surface area is 268 Å². The lowest BCUT2D eigenvalue weighted by Crippen LogP contribution is -2.47. The van der Waals surface area contributed by atoms with Crippen LogP contribution in [-0.2, 0) is 9.47 Å². The van der Waals surface area contributed by atoms with E-state index in [1.165, 1.54) is 0 Å². The first kappa shape index (κ1) is 30.3. The van der Waals surface area contributed by atoms with Crippen molar-refractivity contribution in [2.75, 3.05) is 87.1 Å². The van der Waals surface area contributed by atoms with Crippen LogP contribution in [0.2, 0.25) is 0 Å². The molecule has 4 aliphatic rings.